The lowest BCUT2D eigenvalue weighted by molar-refractivity contribution is -0.129. The molecule has 0 aliphatic carbocycles. The largest absolute Gasteiger partial charge is 0.367 e. The lowest BCUT2D eigenvalue weighted by atomic mass is 9.87. The highest BCUT2D eigenvalue weighted by Crippen LogP contribution is 2.23. The third kappa shape index (κ3) is 4.68. The van der Waals surface area contributed by atoms with Gasteiger partial charge in [-0.25, -0.2) is 4.98 Å². The second kappa shape index (κ2) is 8.00. The summed E-state index contributed by atoms with van der Waals surface area (Å²) in [5.74, 6) is -0.114. The van der Waals surface area contributed by atoms with Gasteiger partial charge in [-0.1, -0.05) is 32.9 Å². The zero-order valence-electron chi connectivity index (χ0n) is 17.0. The van der Waals surface area contributed by atoms with Crippen molar-refractivity contribution in [3.63, 3.8) is 0 Å². The Morgan fingerprint density at radius 3 is 2.11 bits per heavy atom. The number of carbonyl (C=O) groups is 2. The van der Waals surface area contributed by atoms with E-state index in [1.165, 1.54) is 5.56 Å². The average molecular weight is 380 g/mol. The van der Waals surface area contributed by atoms with E-state index in [0.29, 0.717) is 18.8 Å². The van der Waals surface area contributed by atoms with Gasteiger partial charge in [-0.05, 0) is 35.2 Å². The Balaban J connectivity index is 1.60. The van der Waals surface area contributed by atoms with E-state index in [1.807, 2.05) is 35.2 Å². The Morgan fingerprint density at radius 1 is 0.964 bits per heavy atom. The third-order valence-corrected chi connectivity index (χ3v) is 5.08. The topological polar surface area (TPSA) is 65.5 Å². The van der Waals surface area contributed by atoms with Crippen LogP contribution in [-0.4, -0.2) is 47.9 Å². The maximum atomic E-state index is 12.5. The van der Waals surface area contributed by atoms with Gasteiger partial charge in [-0.3, -0.25) is 9.59 Å². The molecule has 0 bridgehead atoms. The summed E-state index contributed by atoms with van der Waals surface area (Å²) in [4.78, 5) is 32.3. The van der Waals surface area contributed by atoms with Gasteiger partial charge in [-0.2, -0.15) is 0 Å². The fraction of sp³-hybridized carbons (Fsp3) is 0.409. The van der Waals surface area contributed by atoms with Crippen molar-refractivity contribution in [3.05, 3.63) is 53.9 Å². The first-order chi connectivity index (χ1) is 13.2. The van der Waals surface area contributed by atoms with Crippen molar-refractivity contribution >= 4 is 23.2 Å². The smallest absolute Gasteiger partial charge is 0.274 e. The lowest BCUT2D eigenvalue weighted by Gasteiger charge is -2.35. The van der Waals surface area contributed by atoms with Crippen molar-refractivity contribution in [2.24, 2.45) is 0 Å². The van der Waals surface area contributed by atoms with Crippen LogP contribution in [-0.2, 0) is 10.2 Å². The van der Waals surface area contributed by atoms with E-state index >= 15 is 0 Å². The minimum Gasteiger partial charge on any atom is -0.367 e. The molecule has 0 unspecified atom stereocenters. The lowest BCUT2D eigenvalue weighted by Crippen LogP contribution is -2.48. The molecule has 0 radical (unpaired) electrons. The van der Waals surface area contributed by atoms with E-state index in [0.717, 1.165) is 24.5 Å². The van der Waals surface area contributed by atoms with Gasteiger partial charge in [0, 0.05) is 38.8 Å². The van der Waals surface area contributed by atoms with Crippen molar-refractivity contribution in [1.29, 1.82) is 0 Å². The average Bonchev–Trinajstić information content (AvgIpc) is 2.68. The monoisotopic (exact) mass is 380 g/mol. The molecule has 1 aliphatic rings. The maximum absolute atomic E-state index is 12.5. The molecule has 1 aromatic heterocycles. The summed E-state index contributed by atoms with van der Waals surface area (Å²) in [7, 11) is 0. The molecule has 2 heterocycles. The van der Waals surface area contributed by atoms with Gasteiger partial charge in [0.2, 0.25) is 5.91 Å². The highest BCUT2D eigenvalue weighted by atomic mass is 16.2. The fourth-order valence-corrected chi connectivity index (χ4v) is 3.24. The van der Waals surface area contributed by atoms with Gasteiger partial charge in [0.15, 0.2) is 0 Å². The molecule has 3 rings (SSSR count). The highest BCUT2D eigenvalue weighted by Gasteiger charge is 2.19. The molecular weight excluding hydrogens is 352 g/mol. The van der Waals surface area contributed by atoms with Gasteiger partial charge >= 0.3 is 0 Å². The van der Waals surface area contributed by atoms with Crippen LogP contribution in [0.15, 0.2) is 42.6 Å². The summed E-state index contributed by atoms with van der Waals surface area (Å²) in [5, 5.41) is 2.89. The highest BCUT2D eigenvalue weighted by molar-refractivity contribution is 6.02. The minimum absolute atomic E-state index is 0.0792. The van der Waals surface area contributed by atoms with E-state index in [2.05, 4.69) is 36.0 Å². The molecule has 6 heteroatoms. The molecule has 1 aromatic carbocycles. The maximum Gasteiger partial charge on any atom is 0.274 e. The van der Waals surface area contributed by atoms with Crippen molar-refractivity contribution in [3.8, 4) is 0 Å². The Kier molecular flexibility index (Phi) is 5.68. The van der Waals surface area contributed by atoms with Crippen LogP contribution >= 0.6 is 0 Å². The van der Waals surface area contributed by atoms with Gasteiger partial charge < -0.3 is 15.1 Å². The van der Waals surface area contributed by atoms with Crippen LogP contribution in [0.4, 0.5) is 11.4 Å². The third-order valence-electron chi connectivity index (χ3n) is 5.08. The number of nitrogens with one attached hydrogen (secondary N) is 1. The molecular formula is C22H28N4O2. The number of hydrogen-bond acceptors (Lipinski definition) is 4. The standard InChI is InChI=1S/C22H28N4O2/c1-16(27)25-11-13-26(14-12-25)19-9-10-20(23-15-19)21(28)24-18-7-5-17(6-8-18)22(2,3)4/h5-10,15H,11-14H2,1-4H3,(H,24,28). The zero-order valence-corrected chi connectivity index (χ0v) is 17.0. The summed E-state index contributed by atoms with van der Waals surface area (Å²) in [6.07, 6.45) is 1.72. The van der Waals surface area contributed by atoms with E-state index in [4.69, 9.17) is 0 Å². The molecule has 0 atom stereocenters. The first-order valence-corrected chi connectivity index (χ1v) is 9.62. The summed E-state index contributed by atoms with van der Waals surface area (Å²) >= 11 is 0. The Bertz CT molecular complexity index is 830. The Morgan fingerprint density at radius 2 is 1.61 bits per heavy atom. The summed E-state index contributed by atoms with van der Waals surface area (Å²) in [6, 6.07) is 11.6. The first-order valence-electron chi connectivity index (χ1n) is 9.62. The van der Waals surface area contributed by atoms with Crippen LogP contribution in [0.1, 0.15) is 43.7 Å². The van der Waals surface area contributed by atoms with Gasteiger partial charge in [0.25, 0.3) is 5.91 Å². The molecule has 2 amide bonds. The van der Waals surface area contributed by atoms with E-state index in [1.54, 1.807) is 19.2 Å². The van der Waals surface area contributed by atoms with Crippen LogP contribution in [0.3, 0.4) is 0 Å². The second-order valence-corrected chi connectivity index (χ2v) is 8.18. The predicted octanol–water partition coefficient (Wildman–Crippen LogP) is 3.30. The number of carbonyl (C=O) groups excluding carboxylic acids is 2. The van der Waals surface area contributed by atoms with Crippen LogP contribution in [0, 0.1) is 0 Å². The fourth-order valence-electron chi connectivity index (χ4n) is 3.24. The van der Waals surface area contributed by atoms with Crippen molar-refractivity contribution in [1.82, 2.24) is 9.88 Å². The molecule has 1 fully saturated rings. The van der Waals surface area contributed by atoms with E-state index in [9.17, 15) is 9.59 Å². The minimum atomic E-state index is -0.226. The van der Waals surface area contributed by atoms with Gasteiger partial charge in [0.1, 0.15) is 5.69 Å². The van der Waals surface area contributed by atoms with E-state index in [-0.39, 0.29) is 17.2 Å². The van der Waals surface area contributed by atoms with Crippen molar-refractivity contribution in [2.45, 2.75) is 33.1 Å². The molecule has 2 aromatic rings. The number of aromatic nitrogens is 1. The van der Waals surface area contributed by atoms with E-state index < -0.39 is 0 Å². The molecule has 1 saturated heterocycles. The Hall–Kier alpha value is -2.89. The first kappa shape index (κ1) is 19.9. The van der Waals surface area contributed by atoms with Crippen molar-refractivity contribution in [2.75, 3.05) is 36.4 Å². The summed E-state index contributed by atoms with van der Waals surface area (Å²) in [6.45, 7) is 11.0. The van der Waals surface area contributed by atoms with Crippen LogP contribution in [0.25, 0.3) is 0 Å². The molecule has 6 nitrogen and oxygen atoms in total. The normalized spacial score (nSPS) is 14.7. The summed E-state index contributed by atoms with van der Waals surface area (Å²) in [5.41, 5.74) is 3.40. The Labute approximate surface area is 166 Å². The van der Waals surface area contributed by atoms with Crippen molar-refractivity contribution < 1.29 is 9.59 Å². The SMILES string of the molecule is CC(=O)N1CCN(c2ccc(C(=O)Nc3ccc(C(C)(C)C)cc3)nc2)CC1. The molecule has 0 saturated carbocycles. The molecule has 148 valence electrons. The number of anilines is 2. The number of piperazine rings is 1. The predicted molar refractivity (Wildman–Crippen MR) is 112 cm³/mol. The van der Waals surface area contributed by atoms with Crippen LogP contribution < -0.4 is 10.2 Å². The number of nitrogens with zero attached hydrogens (tertiary/aromatic N) is 3. The second-order valence-electron chi connectivity index (χ2n) is 8.18. The quantitative estimate of drug-likeness (QED) is 0.887. The molecule has 28 heavy (non-hydrogen) atoms. The zero-order chi connectivity index (χ0) is 20.3. The molecule has 1 N–H and O–H groups in total. The van der Waals surface area contributed by atoms with Crippen LogP contribution in [0.2, 0.25) is 0 Å². The number of amides is 2. The number of pyridine rings is 1. The van der Waals surface area contributed by atoms with Gasteiger partial charge in [0.05, 0.1) is 11.9 Å². The number of rotatable bonds is 3. The number of hydrogen-bond donors (Lipinski definition) is 1. The molecule has 1 aliphatic heterocycles. The summed E-state index contributed by atoms with van der Waals surface area (Å²) < 4.78 is 0. The van der Waals surface area contributed by atoms with Gasteiger partial charge in [-0.15, -0.1) is 0 Å². The molecule has 0 spiro atoms. The number of benzene rings is 1. The van der Waals surface area contributed by atoms with Crippen LogP contribution in [0.5, 0.6) is 0 Å².